The van der Waals surface area contributed by atoms with E-state index >= 15 is 0 Å². The summed E-state index contributed by atoms with van der Waals surface area (Å²) in [5.74, 6) is 0.890. The molecule has 1 saturated heterocycles. The molecule has 1 aliphatic heterocycles. The van der Waals surface area contributed by atoms with E-state index in [1.165, 1.54) is 22.4 Å². The molecule has 1 fully saturated rings. The molecule has 0 saturated carbocycles. The first-order chi connectivity index (χ1) is 10.3. The highest BCUT2D eigenvalue weighted by Crippen LogP contribution is 2.29. The number of morpholine rings is 1. The van der Waals surface area contributed by atoms with E-state index in [9.17, 15) is 0 Å². The number of ether oxygens (including phenoxy) is 2. The van der Waals surface area contributed by atoms with Gasteiger partial charge in [-0.1, -0.05) is 18.2 Å². The van der Waals surface area contributed by atoms with Crippen LogP contribution in [0, 0.1) is 6.92 Å². The van der Waals surface area contributed by atoms with Crippen LogP contribution in [0.25, 0.3) is 11.1 Å². The summed E-state index contributed by atoms with van der Waals surface area (Å²) in [4.78, 5) is 2.38. The molecular weight excluding hydrogens is 262 g/mol. The second kappa shape index (κ2) is 6.19. The summed E-state index contributed by atoms with van der Waals surface area (Å²) in [6.45, 7) is 5.70. The fourth-order valence-electron chi connectivity index (χ4n) is 2.71. The Morgan fingerprint density at radius 2 is 1.71 bits per heavy atom. The van der Waals surface area contributed by atoms with Gasteiger partial charge in [-0.15, -0.1) is 0 Å². The van der Waals surface area contributed by atoms with Gasteiger partial charge in [0.15, 0.2) is 0 Å². The van der Waals surface area contributed by atoms with Crippen molar-refractivity contribution in [2.24, 2.45) is 0 Å². The Morgan fingerprint density at radius 3 is 2.38 bits per heavy atom. The zero-order valence-electron chi connectivity index (χ0n) is 12.6. The number of aryl methyl sites for hydroxylation is 1. The van der Waals surface area contributed by atoms with Gasteiger partial charge < -0.3 is 14.4 Å². The maximum atomic E-state index is 5.43. The molecule has 3 nitrogen and oxygen atoms in total. The highest BCUT2D eigenvalue weighted by atomic mass is 16.5. The lowest BCUT2D eigenvalue weighted by Crippen LogP contribution is -2.36. The van der Waals surface area contributed by atoms with Crippen LogP contribution in [0.2, 0.25) is 0 Å². The van der Waals surface area contributed by atoms with Gasteiger partial charge in [-0.05, 0) is 47.9 Å². The number of hydrogen-bond acceptors (Lipinski definition) is 3. The minimum absolute atomic E-state index is 0.811. The van der Waals surface area contributed by atoms with E-state index in [-0.39, 0.29) is 0 Å². The molecule has 0 atom stereocenters. The third-order valence-electron chi connectivity index (χ3n) is 4.00. The summed E-state index contributed by atoms with van der Waals surface area (Å²) in [5, 5.41) is 0. The van der Waals surface area contributed by atoms with E-state index in [1.54, 1.807) is 7.11 Å². The number of benzene rings is 2. The second-order valence-corrected chi connectivity index (χ2v) is 5.33. The molecule has 3 heteroatoms. The first-order valence-electron chi connectivity index (χ1n) is 7.36. The Bertz CT molecular complexity index is 601. The molecule has 0 spiro atoms. The molecular formula is C18H21NO2. The maximum absolute atomic E-state index is 5.43. The van der Waals surface area contributed by atoms with Gasteiger partial charge in [0.1, 0.15) is 5.75 Å². The van der Waals surface area contributed by atoms with Crippen LogP contribution in [0.4, 0.5) is 5.69 Å². The molecule has 0 unspecified atom stereocenters. The third-order valence-corrected chi connectivity index (χ3v) is 4.00. The number of nitrogens with zero attached hydrogens (tertiary/aromatic N) is 1. The van der Waals surface area contributed by atoms with Gasteiger partial charge in [0.05, 0.1) is 20.3 Å². The smallest absolute Gasteiger partial charge is 0.118 e. The van der Waals surface area contributed by atoms with Crippen LogP contribution in [-0.4, -0.2) is 33.4 Å². The van der Waals surface area contributed by atoms with Crippen molar-refractivity contribution in [3.63, 3.8) is 0 Å². The summed E-state index contributed by atoms with van der Waals surface area (Å²) < 4.78 is 10.7. The van der Waals surface area contributed by atoms with E-state index in [4.69, 9.17) is 9.47 Å². The van der Waals surface area contributed by atoms with E-state index in [0.717, 1.165) is 32.1 Å². The lowest BCUT2D eigenvalue weighted by atomic mass is 9.99. The van der Waals surface area contributed by atoms with Crippen molar-refractivity contribution in [1.29, 1.82) is 0 Å². The van der Waals surface area contributed by atoms with Crippen molar-refractivity contribution < 1.29 is 9.47 Å². The predicted octanol–water partition coefficient (Wildman–Crippen LogP) is 3.51. The van der Waals surface area contributed by atoms with Gasteiger partial charge >= 0.3 is 0 Å². The van der Waals surface area contributed by atoms with Crippen molar-refractivity contribution in [3.05, 3.63) is 48.0 Å². The van der Waals surface area contributed by atoms with E-state index in [0.29, 0.717) is 0 Å². The number of hydrogen-bond donors (Lipinski definition) is 0. The molecule has 1 heterocycles. The lowest BCUT2D eigenvalue weighted by molar-refractivity contribution is 0.122. The lowest BCUT2D eigenvalue weighted by Gasteiger charge is -2.29. The summed E-state index contributed by atoms with van der Waals surface area (Å²) in [6.07, 6.45) is 0. The van der Waals surface area contributed by atoms with Crippen molar-refractivity contribution in [2.75, 3.05) is 38.3 Å². The van der Waals surface area contributed by atoms with Crippen molar-refractivity contribution in [2.45, 2.75) is 6.92 Å². The molecule has 0 amide bonds. The molecule has 2 aromatic rings. The molecule has 2 aromatic carbocycles. The monoisotopic (exact) mass is 283 g/mol. The summed E-state index contributed by atoms with van der Waals surface area (Å²) >= 11 is 0. The van der Waals surface area contributed by atoms with E-state index in [1.807, 2.05) is 12.1 Å². The van der Waals surface area contributed by atoms with Crippen LogP contribution in [0.1, 0.15) is 5.56 Å². The van der Waals surface area contributed by atoms with Crippen LogP contribution in [0.3, 0.4) is 0 Å². The highest BCUT2D eigenvalue weighted by Gasteiger charge is 2.13. The highest BCUT2D eigenvalue weighted by molar-refractivity contribution is 5.72. The van der Waals surface area contributed by atoms with Gasteiger partial charge in [0, 0.05) is 18.8 Å². The molecule has 1 aliphatic rings. The Hall–Kier alpha value is -2.00. The van der Waals surface area contributed by atoms with Gasteiger partial charge in [0.2, 0.25) is 0 Å². The quantitative estimate of drug-likeness (QED) is 0.860. The Kier molecular flexibility index (Phi) is 4.11. The van der Waals surface area contributed by atoms with Gasteiger partial charge in [-0.2, -0.15) is 0 Å². The Morgan fingerprint density at radius 1 is 1.00 bits per heavy atom. The molecule has 110 valence electrons. The minimum atomic E-state index is 0.811. The molecule has 0 radical (unpaired) electrons. The number of methoxy groups -OCH3 is 1. The predicted molar refractivity (Wildman–Crippen MR) is 86.2 cm³/mol. The first-order valence-corrected chi connectivity index (χ1v) is 7.36. The van der Waals surface area contributed by atoms with Crippen LogP contribution in [0.15, 0.2) is 42.5 Å². The summed E-state index contributed by atoms with van der Waals surface area (Å²) in [7, 11) is 1.69. The average Bonchev–Trinajstić information content (AvgIpc) is 2.56. The summed E-state index contributed by atoms with van der Waals surface area (Å²) in [5.41, 5.74) is 5.07. The Balaban J connectivity index is 1.92. The van der Waals surface area contributed by atoms with Gasteiger partial charge in [-0.3, -0.25) is 0 Å². The SMILES string of the molecule is COc1ccc(-c2cc(N3CCOCC3)ccc2C)cc1. The van der Waals surface area contributed by atoms with Crippen LogP contribution >= 0.6 is 0 Å². The van der Waals surface area contributed by atoms with E-state index in [2.05, 4.69) is 42.2 Å². The van der Waals surface area contributed by atoms with Crippen LogP contribution in [0.5, 0.6) is 5.75 Å². The largest absolute Gasteiger partial charge is 0.497 e. The molecule has 3 rings (SSSR count). The van der Waals surface area contributed by atoms with Crippen LogP contribution in [-0.2, 0) is 4.74 Å². The third kappa shape index (κ3) is 3.03. The molecule has 0 N–H and O–H groups in total. The first kappa shape index (κ1) is 14.0. The fourth-order valence-corrected chi connectivity index (χ4v) is 2.71. The topological polar surface area (TPSA) is 21.7 Å². The second-order valence-electron chi connectivity index (χ2n) is 5.33. The fraction of sp³-hybridized carbons (Fsp3) is 0.333. The van der Waals surface area contributed by atoms with Crippen molar-refractivity contribution >= 4 is 5.69 Å². The molecule has 21 heavy (non-hydrogen) atoms. The molecule has 0 aromatic heterocycles. The van der Waals surface area contributed by atoms with Crippen LogP contribution < -0.4 is 9.64 Å². The van der Waals surface area contributed by atoms with Gasteiger partial charge in [-0.25, -0.2) is 0 Å². The normalized spacial score (nSPS) is 15.0. The van der Waals surface area contributed by atoms with E-state index < -0.39 is 0 Å². The maximum Gasteiger partial charge on any atom is 0.118 e. The zero-order chi connectivity index (χ0) is 14.7. The number of rotatable bonds is 3. The standard InChI is InChI=1S/C18H21NO2/c1-14-3-6-16(19-9-11-21-12-10-19)13-18(14)15-4-7-17(20-2)8-5-15/h3-8,13H,9-12H2,1-2H3. The molecule has 0 bridgehead atoms. The zero-order valence-corrected chi connectivity index (χ0v) is 12.6. The van der Waals surface area contributed by atoms with Crippen molar-refractivity contribution in [3.8, 4) is 16.9 Å². The van der Waals surface area contributed by atoms with Gasteiger partial charge in [0.25, 0.3) is 0 Å². The average molecular weight is 283 g/mol. The van der Waals surface area contributed by atoms with Crippen molar-refractivity contribution in [1.82, 2.24) is 0 Å². The minimum Gasteiger partial charge on any atom is -0.497 e. The molecule has 0 aliphatic carbocycles. The number of anilines is 1. The summed E-state index contributed by atoms with van der Waals surface area (Å²) in [6, 6.07) is 14.9. The Labute approximate surface area is 126 Å².